The molecule has 22 heavy (non-hydrogen) atoms. The maximum absolute atomic E-state index is 12.5. The van der Waals surface area contributed by atoms with Crippen molar-refractivity contribution in [2.75, 3.05) is 0 Å². The zero-order valence-corrected chi connectivity index (χ0v) is 15.1. The third-order valence-electron chi connectivity index (χ3n) is 2.98. The zero-order chi connectivity index (χ0) is 16.1. The lowest BCUT2D eigenvalue weighted by molar-refractivity contribution is 0.103. The molecule has 0 bridgehead atoms. The average molecular weight is 331 g/mol. The molecular formula is C19H22OS2. The van der Waals surface area contributed by atoms with Crippen molar-refractivity contribution in [3.05, 3.63) is 59.7 Å². The zero-order valence-electron chi connectivity index (χ0n) is 13.5. The van der Waals surface area contributed by atoms with Crippen molar-refractivity contribution in [1.29, 1.82) is 0 Å². The Balaban J connectivity index is 2.10. The minimum Gasteiger partial charge on any atom is -0.289 e. The van der Waals surface area contributed by atoms with Gasteiger partial charge in [-0.2, -0.15) is 0 Å². The van der Waals surface area contributed by atoms with E-state index in [9.17, 15) is 4.79 Å². The lowest BCUT2D eigenvalue weighted by atomic mass is 10.0. The van der Waals surface area contributed by atoms with Gasteiger partial charge in [0.2, 0.25) is 0 Å². The van der Waals surface area contributed by atoms with Gasteiger partial charge < -0.3 is 0 Å². The van der Waals surface area contributed by atoms with Crippen LogP contribution in [-0.2, 0) is 0 Å². The number of thioether (sulfide) groups is 2. The Hall–Kier alpha value is -1.19. The first-order valence-corrected chi connectivity index (χ1v) is 9.30. The second kappa shape index (κ2) is 7.89. The third-order valence-corrected chi connectivity index (χ3v) is 5.01. The monoisotopic (exact) mass is 330 g/mol. The number of rotatable bonds is 6. The fourth-order valence-electron chi connectivity index (χ4n) is 2.08. The van der Waals surface area contributed by atoms with E-state index in [0.29, 0.717) is 10.5 Å². The Morgan fingerprint density at radius 2 is 1.00 bits per heavy atom. The fraction of sp³-hybridized carbons (Fsp3) is 0.316. The van der Waals surface area contributed by atoms with E-state index in [1.807, 2.05) is 72.1 Å². The van der Waals surface area contributed by atoms with E-state index in [2.05, 4.69) is 27.7 Å². The molecule has 0 aromatic heterocycles. The van der Waals surface area contributed by atoms with E-state index >= 15 is 0 Å². The summed E-state index contributed by atoms with van der Waals surface area (Å²) in [5, 5.41) is 1.10. The molecule has 0 aliphatic heterocycles. The first-order chi connectivity index (χ1) is 10.5. The van der Waals surface area contributed by atoms with Crippen LogP contribution in [-0.4, -0.2) is 16.3 Å². The SMILES string of the molecule is CC(C)Sc1ccc(C(=O)c2ccc(SC(C)C)cc2)cc1. The van der Waals surface area contributed by atoms with E-state index in [0.717, 1.165) is 11.1 Å². The van der Waals surface area contributed by atoms with Gasteiger partial charge in [-0.15, -0.1) is 23.5 Å². The van der Waals surface area contributed by atoms with Crippen LogP contribution in [0.1, 0.15) is 43.6 Å². The highest BCUT2D eigenvalue weighted by atomic mass is 32.2. The van der Waals surface area contributed by atoms with Crippen molar-refractivity contribution in [3.63, 3.8) is 0 Å². The van der Waals surface area contributed by atoms with Gasteiger partial charge in [0.05, 0.1) is 0 Å². The lowest BCUT2D eigenvalue weighted by Gasteiger charge is -2.07. The van der Waals surface area contributed by atoms with Crippen LogP contribution in [0.15, 0.2) is 58.3 Å². The fourth-order valence-corrected chi connectivity index (χ4v) is 3.76. The quantitative estimate of drug-likeness (QED) is 0.483. The largest absolute Gasteiger partial charge is 0.289 e. The molecule has 0 spiro atoms. The molecule has 0 radical (unpaired) electrons. The van der Waals surface area contributed by atoms with Crippen molar-refractivity contribution in [2.45, 2.75) is 48.0 Å². The summed E-state index contributed by atoms with van der Waals surface area (Å²) in [4.78, 5) is 14.9. The van der Waals surface area contributed by atoms with Crippen LogP contribution in [0, 0.1) is 0 Å². The van der Waals surface area contributed by atoms with Gasteiger partial charge in [0.1, 0.15) is 0 Å². The summed E-state index contributed by atoms with van der Waals surface area (Å²) < 4.78 is 0. The predicted molar refractivity (Wildman–Crippen MR) is 98.3 cm³/mol. The van der Waals surface area contributed by atoms with Crippen molar-refractivity contribution in [2.24, 2.45) is 0 Å². The number of carbonyl (C=O) groups excluding carboxylic acids is 1. The maximum atomic E-state index is 12.5. The van der Waals surface area contributed by atoms with Crippen molar-refractivity contribution >= 4 is 29.3 Å². The molecule has 0 aliphatic carbocycles. The molecule has 0 unspecified atom stereocenters. The maximum Gasteiger partial charge on any atom is 0.193 e. The molecule has 116 valence electrons. The second-order valence-electron chi connectivity index (χ2n) is 5.71. The number of carbonyl (C=O) groups is 1. The normalized spacial score (nSPS) is 11.2. The van der Waals surface area contributed by atoms with Gasteiger partial charge in [-0.25, -0.2) is 0 Å². The van der Waals surface area contributed by atoms with Crippen LogP contribution >= 0.6 is 23.5 Å². The summed E-state index contributed by atoms with van der Waals surface area (Å²) in [5.74, 6) is 0.0854. The van der Waals surface area contributed by atoms with E-state index in [1.54, 1.807) is 0 Å². The Kier molecular flexibility index (Phi) is 6.16. The minimum absolute atomic E-state index is 0.0854. The van der Waals surface area contributed by atoms with Gasteiger partial charge in [-0.05, 0) is 48.5 Å². The highest BCUT2D eigenvalue weighted by molar-refractivity contribution is 8.00. The van der Waals surface area contributed by atoms with Gasteiger partial charge in [-0.3, -0.25) is 4.79 Å². The molecule has 2 rings (SSSR count). The second-order valence-corrected chi connectivity index (χ2v) is 9.01. The first-order valence-electron chi connectivity index (χ1n) is 7.54. The number of hydrogen-bond donors (Lipinski definition) is 0. The van der Waals surface area contributed by atoms with Gasteiger partial charge in [-0.1, -0.05) is 27.7 Å². The van der Waals surface area contributed by atoms with Crippen LogP contribution in [0.3, 0.4) is 0 Å². The summed E-state index contributed by atoms with van der Waals surface area (Å²) in [6, 6.07) is 15.8. The van der Waals surface area contributed by atoms with Gasteiger partial charge in [0, 0.05) is 31.4 Å². The van der Waals surface area contributed by atoms with Gasteiger partial charge in [0.15, 0.2) is 5.78 Å². The van der Waals surface area contributed by atoms with Crippen LogP contribution in [0.25, 0.3) is 0 Å². The molecular weight excluding hydrogens is 308 g/mol. The summed E-state index contributed by atoms with van der Waals surface area (Å²) >= 11 is 3.62. The average Bonchev–Trinajstić information content (AvgIpc) is 2.47. The molecule has 2 aromatic carbocycles. The van der Waals surface area contributed by atoms with Crippen LogP contribution in [0.4, 0.5) is 0 Å². The summed E-state index contributed by atoms with van der Waals surface area (Å²) in [6.45, 7) is 8.67. The number of ketones is 1. The molecule has 0 heterocycles. The summed E-state index contributed by atoms with van der Waals surface area (Å²) in [7, 11) is 0. The smallest absolute Gasteiger partial charge is 0.193 e. The van der Waals surface area contributed by atoms with E-state index < -0.39 is 0 Å². The molecule has 1 nitrogen and oxygen atoms in total. The molecule has 0 fully saturated rings. The third kappa shape index (κ3) is 4.92. The summed E-state index contributed by atoms with van der Waals surface area (Å²) in [6.07, 6.45) is 0. The van der Waals surface area contributed by atoms with Gasteiger partial charge >= 0.3 is 0 Å². The Labute approximate surface area is 141 Å². The van der Waals surface area contributed by atoms with Crippen molar-refractivity contribution < 1.29 is 4.79 Å². The standard InChI is InChI=1S/C19H22OS2/c1-13(2)21-17-9-5-15(6-10-17)19(20)16-7-11-18(12-8-16)22-14(3)4/h5-14H,1-4H3. The Bertz CT molecular complexity index is 557. The number of hydrogen-bond acceptors (Lipinski definition) is 3. The van der Waals surface area contributed by atoms with Crippen LogP contribution < -0.4 is 0 Å². The van der Waals surface area contributed by atoms with E-state index in [1.165, 1.54) is 9.79 Å². The summed E-state index contributed by atoms with van der Waals surface area (Å²) in [5.41, 5.74) is 1.50. The highest BCUT2D eigenvalue weighted by Crippen LogP contribution is 2.25. The van der Waals surface area contributed by atoms with Crippen molar-refractivity contribution in [3.8, 4) is 0 Å². The van der Waals surface area contributed by atoms with E-state index in [-0.39, 0.29) is 5.78 Å². The molecule has 0 saturated heterocycles. The van der Waals surface area contributed by atoms with Gasteiger partial charge in [0.25, 0.3) is 0 Å². The molecule has 0 N–H and O–H groups in total. The minimum atomic E-state index is 0.0854. The molecule has 0 amide bonds. The molecule has 0 atom stereocenters. The number of benzene rings is 2. The van der Waals surface area contributed by atoms with Crippen molar-refractivity contribution in [1.82, 2.24) is 0 Å². The van der Waals surface area contributed by atoms with Crippen LogP contribution in [0.5, 0.6) is 0 Å². The highest BCUT2D eigenvalue weighted by Gasteiger charge is 2.10. The molecule has 3 heteroatoms. The Morgan fingerprint density at radius 1 is 0.682 bits per heavy atom. The molecule has 0 saturated carbocycles. The van der Waals surface area contributed by atoms with E-state index in [4.69, 9.17) is 0 Å². The Morgan fingerprint density at radius 3 is 1.27 bits per heavy atom. The predicted octanol–water partition coefficient (Wildman–Crippen LogP) is 5.92. The molecule has 2 aromatic rings. The lowest BCUT2D eigenvalue weighted by Crippen LogP contribution is -2.01. The molecule has 0 aliphatic rings. The van der Waals surface area contributed by atoms with Crippen LogP contribution in [0.2, 0.25) is 0 Å². The first kappa shape index (κ1) is 17.2. The topological polar surface area (TPSA) is 17.1 Å².